The number of anilines is 1. The SMILES string of the molecule is CCOC(=O)c1cn(Cc2ccc(N3CC4CC4C3)nc2)nc1C(F)F. The van der Waals surface area contributed by atoms with Crippen molar-refractivity contribution in [2.45, 2.75) is 26.3 Å². The normalized spacial score (nSPS) is 21.2. The summed E-state index contributed by atoms with van der Waals surface area (Å²) in [6, 6.07) is 3.86. The van der Waals surface area contributed by atoms with E-state index in [0.29, 0.717) is 0 Å². The Labute approximate surface area is 149 Å². The van der Waals surface area contributed by atoms with E-state index in [1.54, 1.807) is 13.1 Å². The number of nitrogens with zero attached hydrogens (tertiary/aromatic N) is 4. The number of fused-ring (bicyclic) bond motifs is 1. The lowest BCUT2D eigenvalue weighted by molar-refractivity contribution is 0.0515. The first-order valence-electron chi connectivity index (χ1n) is 8.77. The molecule has 1 saturated carbocycles. The molecule has 26 heavy (non-hydrogen) atoms. The molecular formula is C18H20F2N4O2. The second-order valence-corrected chi connectivity index (χ2v) is 6.83. The first kappa shape index (κ1) is 16.9. The highest BCUT2D eigenvalue weighted by molar-refractivity contribution is 5.90. The van der Waals surface area contributed by atoms with Gasteiger partial charge in [-0.1, -0.05) is 6.07 Å². The van der Waals surface area contributed by atoms with Crippen molar-refractivity contribution in [1.82, 2.24) is 14.8 Å². The average molecular weight is 362 g/mol. The first-order chi connectivity index (χ1) is 12.5. The van der Waals surface area contributed by atoms with Gasteiger partial charge in [-0.25, -0.2) is 18.6 Å². The third-order valence-electron chi connectivity index (χ3n) is 4.95. The molecule has 0 radical (unpaired) electrons. The summed E-state index contributed by atoms with van der Waals surface area (Å²) in [5.41, 5.74) is 0.0869. The van der Waals surface area contributed by atoms with Gasteiger partial charge in [-0.05, 0) is 36.8 Å². The van der Waals surface area contributed by atoms with E-state index in [1.165, 1.54) is 17.3 Å². The Morgan fingerprint density at radius 3 is 2.73 bits per heavy atom. The number of alkyl halides is 2. The van der Waals surface area contributed by atoms with Crippen LogP contribution < -0.4 is 4.90 Å². The molecule has 1 saturated heterocycles. The highest BCUT2D eigenvalue weighted by Crippen LogP contribution is 2.45. The number of esters is 1. The van der Waals surface area contributed by atoms with Crippen LogP contribution in [0.25, 0.3) is 0 Å². The zero-order valence-corrected chi connectivity index (χ0v) is 14.4. The summed E-state index contributed by atoms with van der Waals surface area (Å²) < 4.78 is 32.4. The third-order valence-corrected chi connectivity index (χ3v) is 4.95. The molecular weight excluding hydrogens is 342 g/mol. The van der Waals surface area contributed by atoms with Crippen LogP contribution in [0.15, 0.2) is 24.5 Å². The Hall–Kier alpha value is -2.51. The zero-order chi connectivity index (χ0) is 18.3. The summed E-state index contributed by atoms with van der Waals surface area (Å²) in [6.45, 7) is 4.14. The molecule has 3 heterocycles. The minimum absolute atomic E-state index is 0.121. The number of hydrogen-bond acceptors (Lipinski definition) is 5. The van der Waals surface area contributed by atoms with E-state index in [0.717, 1.165) is 36.3 Å². The van der Waals surface area contributed by atoms with Crippen LogP contribution in [0.5, 0.6) is 0 Å². The summed E-state index contributed by atoms with van der Waals surface area (Å²) in [7, 11) is 0. The van der Waals surface area contributed by atoms with Gasteiger partial charge in [0.15, 0.2) is 0 Å². The maximum atomic E-state index is 13.1. The molecule has 138 valence electrons. The van der Waals surface area contributed by atoms with E-state index in [4.69, 9.17) is 4.74 Å². The van der Waals surface area contributed by atoms with Crippen LogP contribution in [0.1, 0.15) is 41.4 Å². The summed E-state index contributed by atoms with van der Waals surface area (Å²) in [6.07, 6.45) is 1.54. The third kappa shape index (κ3) is 3.27. The van der Waals surface area contributed by atoms with Crippen molar-refractivity contribution in [1.29, 1.82) is 0 Å². The summed E-state index contributed by atoms with van der Waals surface area (Å²) in [5, 5.41) is 3.85. The summed E-state index contributed by atoms with van der Waals surface area (Å²) in [5.74, 6) is 1.82. The zero-order valence-electron chi connectivity index (χ0n) is 14.4. The van der Waals surface area contributed by atoms with Crippen LogP contribution in [-0.4, -0.2) is 40.4 Å². The number of hydrogen-bond donors (Lipinski definition) is 0. The molecule has 4 rings (SSSR count). The van der Waals surface area contributed by atoms with Crippen LogP contribution in [0.3, 0.4) is 0 Å². The average Bonchev–Trinajstić information content (AvgIpc) is 3.04. The molecule has 8 heteroatoms. The molecule has 2 aromatic rings. The van der Waals surface area contributed by atoms with Gasteiger partial charge in [-0.3, -0.25) is 4.68 Å². The van der Waals surface area contributed by atoms with Crippen LogP contribution in [-0.2, 0) is 11.3 Å². The van der Waals surface area contributed by atoms with Gasteiger partial charge in [0.25, 0.3) is 6.43 Å². The molecule has 0 amide bonds. The first-order valence-corrected chi connectivity index (χ1v) is 8.77. The fourth-order valence-corrected chi connectivity index (χ4v) is 3.51. The van der Waals surface area contributed by atoms with Crippen molar-refractivity contribution in [3.63, 3.8) is 0 Å². The Bertz CT molecular complexity index is 796. The highest BCUT2D eigenvalue weighted by atomic mass is 19.3. The van der Waals surface area contributed by atoms with Gasteiger partial charge in [-0.2, -0.15) is 5.10 Å². The molecule has 0 spiro atoms. The Balaban J connectivity index is 1.48. The van der Waals surface area contributed by atoms with E-state index in [1.807, 2.05) is 12.1 Å². The fraction of sp³-hybridized carbons (Fsp3) is 0.500. The van der Waals surface area contributed by atoms with Gasteiger partial charge in [0.05, 0.1) is 13.2 Å². The smallest absolute Gasteiger partial charge is 0.341 e. The standard InChI is InChI=1S/C18H20F2N4O2/c1-2-26-18(25)14-10-24(22-16(14)17(19)20)7-11-3-4-15(21-6-11)23-8-12-5-13(12)9-23/h3-4,6,10,12-13,17H,2,5,7-9H2,1H3. The number of piperidine rings is 1. The van der Waals surface area contributed by atoms with E-state index in [-0.39, 0.29) is 18.7 Å². The van der Waals surface area contributed by atoms with Crippen LogP contribution in [0, 0.1) is 11.8 Å². The molecule has 1 aliphatic carbocycles. The molecule has 6 nitrogen and oxygen atoms in total. The van der Waals surface area contributed by atoms with Gasteiger partial charge >= 0.3 is 5.97 Å². The maximum Gasteiger partial charge on any atom is 0.341 e. The molecule has 0 aromatic carbocycles. The number of carbonyl (C=O) groups excluding carboxylic acids is 1. The van der Waals surface area contributed by atoms with E-state index >= 15 is 0 Å². The van der Waals surface area contributed by atoms with Crippen LogP contribution in [0.4, 0.5) is 14.6 Å². The van der Waals surface area contributed by atoms with Gasteiger partial charge in [0.2, 0.25) is 0 Å². The Morgan fingerprint density at radius 2 is 2.12 bits per heavy atom. The number of rotatable bonds is 6. The maximum absolute atomic E-state index is 13.1. The summed E-state index contributed by atoms with van der Waals surface area (Å²) in [4.78, 5) is 18.6. The Morgan fingerprint density at radius 1 is 1.35 bits per heavy atom. The minimum atomic E-state index is -2.84. The van der Waals surface area contributed by atoms with E-state index < -0.39 is 18.1 Å². The van der Waals surface area contributed by atoms with Crippen LogP contribution in [0.2, 0.25) is 0 Å². The molecule has 2 aliphatic rings. The van der Waals surface area contributed by atoms with Gasteiger partial charge in [-0.15, -0.1) is 0 Å². The van der Waals surface area contributed by atoms with Gasteiger partial charge in [0.1, 0.15) is 17.1 Å². The molecule has 2 unspecified atom stereocenters. The predicted molar refractivity (Wildman–Crippen MR) is 90.3 cm³/mol. The van der Waals surface area contributed by atoms with Crippen molar-refractivity contribution in [2.24, 2.45) is 11.8 Å². The number of pyridine rings is 1. The predicted octanol–water partition coefficient (Wildman–Crippen LogP) is 2.90. The van der Waals surface area contributed by atoms with Crippen molar-refractivity contribution in [2.75, 3.05) is 24.6 Å². The second-order valence-electron chi connectivity index (χ2n) is 6.83. The molecule has 2 aromatic heterocycles. The topological polar surface area (TPSA) is 60.2 Å². The van der Waals surface area contributed by atoms with E-state index in [9.17, 15) is 13.6 Å². The lowest BCUT2D eigenvalue weighted by Gasteiger charge is -2.18. The lowest BCUT2D eigenvalue weighted by Crippen LogP contribution is -2.22. The number of carbonyl (C=O) groups is 1. The largest absolute Gasteiger partial charge is 0.462 e. The van der Waals surface area contributed by atoms with Crippen molar-refractivity contribution < 1.29 is 18.3 Å². The molecule has 0 bridgehead atoms. The van der Waals surface area contributed by atoms with Gasteiger partial charge < -0.3 is 9.64 Å². The van der Waals surface area contributed by atoms with Crippen molar-refractivity contribution in [3.8, 4) is 0 Å². The monoisotopic (exact) mass is 362 g/mol. The fourth-order valence-electron chi connectivity index (χ4n) is 3.51. The second kappa shape index (κ2) is 6.66. The number of halogens is 2. The van der Waals surface area contributed by atoms with Crippen molar-refractivity contribution in [3.05, 3.63) is 41.3 Å². The molecule has 2 fully saturated rings. The van der Waals surface area contributed by atoms with Gasteiger partial charge in [0, 0.05) is 25.5 Å². The number of ether oxygens (including phenoxy) is 1. The van der Waals surface area contributed by atoms with Crippen molar-refractivity contribution >= 4 is 11.8 Å². The Kier molecular flexibility index (Phi) is 4.34. The van der Waals surface area contributed by atoms with Crippen LogP contribution >= 0.6 is 0 Å². The quantitative estimate of drug-likeness (QED) is 0.740. The molecule has 0 N–H and O–H groups in total. The molecule has 1 aliphatic heterocycles. The minimum Gasteiger partial charge on any atom is -0.462 e. The number of aromatic nitrogens is 3. The lowest BCUT2D eigenvalue weighted by atomic mass is 10.2. The highest BCUT2D eigenvalue weighted by Gasteiger charge is 2.45. The molecule has 2 atom stereocenters. The summed E-state index contributed by atoms with van der Waals surface area (Å²) >= 11 is 0. The van der Waals surface area contributed by atoms with E-state index in [2.05, 4.69) is 15.0 Å².